The van der Waals surface area contributed by atoms with Crippen LogP contribution in [0.25, 0.3) is 10.6 Å². The second-order valence-corrected chi connectivity index (χ2v) is 7.10. The normalized spacial score (nSPS) is 12.1. The number of thiazole rings is 1. The third kappa shape index (κ3) is 5.44. The first kappa shape index (κ1) is 19.2. The van der Waals surface area contributed by atoms with Crippen molar-refractivity contribution in [2.75, 3.05) is 27.8 Å². The van der Waals surface area contributed by atoms with E-state index in [2.05, 4.69) is 10.3 Å². The highest BCUT2D eigenvalue weighted by Gasteiger charge is 2.14. The minimum Gasteiger partial charge on any atom is -0.493 e. The van der Waals surface area contributed by atoms with Crippen LogP contribution in [-0.2, 0) is 11.3 Å². The lowest BCUT2D eigenvalue weighted by Gasteiger charge is -2.14. The Morgan fingerprint density at radius 1 is 1.28 bits per heavy atom. The van der Waals surface area contributed by atoms with Gasteiger partial charge >= 0.3 is 0 Å². The van der Waals surface area contributed by atoms with Crippen LogP contribution < -0.4 is 19.7 Å². The molecule has 0 saturated carbocycles. The van der Waals surface area contributed by atoms with E-state index in [4.69, 9.17) is 9.47 Å². The number of hydrogen-bond acceptors (Lipinski definition) is 5. The maximum Gasteiger partial charge on any atom is 0.275 e. The number of nitrogens with zero attached hydrogens (tertiary/aromatic N) is 1. The van der Waals surface area contributed by atoms with Crippen LogP contribution in [0.4, 0.5) is 0 Å². The highest BCUT2D eigenvalue weighted by atomic mass is 32.1. The van der Waals surface area contributed by atoms with E-state index in [9.17, 15) is 4.79 Å². The van der Waals surface area contributed by atoms with E-state index in [0.717, 1.165) is 21.2 Å². The fourth-order valence-corrected chi connectivity index (χ4v) is 3.33. The van der Waals surface area contributed by atoms with Crippen LogP contribution in [0.3, 0.4) is 0 Å². The molecule has 1 heterocycles. The molecule has 0 aliphatic rings. The summed E-state index contributed by atoms with van der Waals surface area (Å²) in [6.07, 6.45) is 0. The monoisotopic (exact) mass is 364 g/mol. The zero-order valence-corrected chi connectivity index (χ0v) is 16.2. The lowest BCUT2D eigenvalue weighted by molar-refractivity contribution is -0.885. The van der Waals surface area contributed by atoms with E-state index in [1.807, 2.05) is 44.5 Å². The van der Waals surface area contributed by atoms with Crippen molar-refractivity contribution >= 4 is 17.2 Å². The first-order valence-corrected chi connectivity index (χ1v) is 9.08. The number of ether oxygens (including phenoxy) is 2. The average Bonchev–Trinajstić information content (AvgIpc) is 3.01. The number of benzene rings is 1. The van der Waals surface area contributed by atoms with Crippen LogP contribution >= 0.6 is 11.3 Å². The Kier molecular flexibility index (Phi) is 6.78. The second kappa shape index (κ2) is 8.82. The summed E-state index contributed by atoms with van der Waals surface area (Å²) in [6, 6.07) is 5.93. The highest BCUT2D eigenvalue weighted by Crippen LogP contribution is 2.33. The molecule has 0 aliphatic carbocycles. The van der Waals surface area contributed by atoms with Crippen molar-refractivity contribution in [2.45, 2.75) is 26.4 Å². The van der Waals surface area contributed by atoms with Gasteiger partial charge in [0, 0.05) is 17.0 Å². The van der Waals surface area contributed by atoms with Crippen LogP contribution in [0.15, 0.2) is 23.6 Å². The smallest absolute Gasteiger partial charge is 0.275 e. The van der Waals surface area contributed by atoms with Gasteiger partial charge in [0.1, 0.15) is 17.2 Å². The number of nitrogens with one attached hydrogen (secondary N) is 2. The number of hydrogen-bond donors (Lipinski definition) is 2. The predicted octanol–water partition coefficient (Wildman–Crippen LogP) is 1.37. The molecular formula is C18H26N3O3S+. The van der Waals surface area contributed by atoms with Gasteiger partial charge < -0.3 is 19.7 Å². The molecular weight excluding hydrogens is 338 g/mol. The topological polar surface area (TPSA) is 64.9 Å². The van der Waals surface area contributed by atoms with Crippen molar-refractivity contribution in [3.05, 3.63) is 29.3 Å². The summed E-state index contributed by atoms with van der Waals surface area (Å²) in [5.74, 6) is 1.44. The van der Waals surface area contributed by atoms with Gasteiger partial charge in [-0.1, -0.05) is 0 Å². The Morgan fingerprint density at radius 2 is 2.00 bits per heavy atom. The third-order valence-electron chi connectivity index (χ3n) is 3.58. The molecule has 1 amide bonds. The standard InChI is InChI=1S/C18H25N3O3S/c1-12(2)19-17(22)10-21(3)9-14-11-25-18(20-14)13-6-7-15(23-4)16(8-13)24-5/h6-8,11-12H,9-10H2,1-5H3,(H,19,22)/p+1. The number of aromatic nitrogens is 1. The van der Waals surface area contributed by atoms with Crippen LogP contribution in [0.5, 0.6) is 11.5 Å². The first-order chi connectivity index (χ1) is 11.9. The Balaban J connectivity index is 2.03. The molecule has 1 aromatic heterocycles. The highest BCUT2D eigenvalue weighted by molar-refractivity contribution is 7.13. The predicted molar refractivity (Wildman–Crippen MR) is 99.4 cm³/mol. The summed E-state index contributed by atoms with van der Waals surface area (Å²) in [5.41, 5.74) is 1.97. The van der Waals surface area contributed by atoms with Gasteiger partial charge in [0.15, 0.2) is 18.0 Å². The number of rotatable bonds is 8. The molecule has 2 aromatic rings. The zero-order valence-electron chi connectivity index (χ0n) is 15.4. The van der Waals surface area contributed by atoms with Crippen LogP contribution in [0, 0.1) is 0 Å². The van der Waals surface area contributed by atoms with E-state index in [1.54, 1.807) is 25.6 Å². The van der Waals surface area contributed by atoms with Crippen molar-refractivity contribution < 1.29 is 19.2 Å². The molecule has 1 unspecified atom stereocenters. The maximum absolute atomic E-state index is 11.8. The van der Waals surface area contributed by atoms with Crippen LogP contribution in [0.2, 0.25) is 0 Å². The average molecular weight is 364 g/mol. The van der Waals surface area contributed by atoms with Gasteiger partial charge in [-0.15, -0.1) is 11.3 Å². The fraction of sp³-hybridized carbons (Fsp3) is 0.444. The van der Waals surface area contributed by atoms with Gasteiger partial charge in [0.05, 0.1) is 21.3 Å². The first-order valence-electron chi connectivity index (χ1n) is 8.20. The fourth-order valence-electron chi connectivity index (χ4n) is 2.51. The third-order valence-corrected chi connectivity index (χ3v) is 4.52. The van der Waals surface area contributed by atoms with Gasteiger partial charge in [-0.2, -0.15) is 0 Å². The summed E-state index contributed by atoms with van der Waals surface area (Å²) in [5, 5.41) is 5.87. The second-order valence-electron chi connectivity index (χ2n) is 6.25. The van der Waals surface area contributed by atoms with Gasteiger partial charge in [0.2, 0.25) is 0 Å². The molecule has 136 valence electrons. The van der Waals surface area contributed by atoms with Gasteiger partial charge in [-0.05, 0) is 32.0 Å². The van der Waals surface area contributed by atoms with Crippen molar-refractivity contribution in [1.82, 2.24) is 10.3 Å². The molecule has 6 nitrogen and oxygen atoms in total. The van der Waals surface area contributed by atoms with E-state index in [0.29, 0.717) is 24.6 Å². The minimum absolute atomic E-state index is 0.0582. The maximum atomic E-state index is 11.8. The summed E-state index contributed by atoms with van der Waals surface area (Å²) in [6.45, 7) is 5.06. The lowest BCUT2D eigenvalue weighted by Crippen LogP contribution is -3.09. The number of methoxy groups -OCH3 is 2. The number of amides is 1. The van der Waals surface area contributed by atoms with E-state index < -0.39 is 0 Å². The molecule has 1 atom stereocenters. The summed E-state index contributed by atoms with van der Waals surface area (Å²) >= 11 is 1.59. The van der Waals surface area contributed by atoms with E-state index >= 15 is 0 Å². The molecule has 7 heteroatoms. The number of likely N-dealkylation sites (N-methyl/N-ethyl adjacent to an activating group) is 1. The molecule has 1 aromatic carbocycles. The molecule has 0 spiro atoms. The number of carbonyl (C=O) groups excluding carboxylic acids is 1. The Labute approximate surface area is 152 Å². The van der Waals surface area contributed by atoms with Crippen molar-refractivity contribution in [3.63, 3.8) is 0 Å². The van der Waals surface area contributed by atoms with Gasteiger partial charge in [-0.3, -0.25) is 4.79 Å². The molecule has 0 saturated heterocycles. The van der Waals surface area contributed by atoms with Crippen molar-refractivity contribution in [2.24, 2.45) is 0 Å². The summed E-state index contributed by atoms with van der Waals surface area (Å²) < 4.78 is 10.6. The number of quaternary nitrogens is 1. The van der Waals surface area contributed by atoms with Gasteiger partial charge in [-0.25, -0.2) is 4.98 Å². The van der Waals surface area contributed by atoms with Crippen molar-refractivity contribution in [3.8, 4) is 22.1 Å². The Hall–Kier alpha value is -2.12. The molecule has 0 fully saturated rings. The van der Waals surface area contributed by atoms with Crippen LogP contribution in [0.1, 0.15) is 19.5 Å². The molecule has 0 bridgehead atoms. The quantitative estimate of drug-likeness (QED) is 0.743. The van der Waals surface area contributed by atoms with E-state index in [-0.39, 0.29) is 11.9 Å². The number of carbonyl (C=O) groups is 1. The van der Waals surface area contributed by atoms with Crippen molar-refractivity contribution in [1.29, 1.82) is 0 Å². The summed E-state index contributed by atoms with van der Waals surface area (Å²) in [7, 11) is 5.23. The Morgan fingerprint density at radius 3 is 2.64 bits per heavy atom. The van der Waals surface area contributed by atoms with Crippen LogP contribution in [-0.4, -0.2) is 44.7 Å². The van der Waals surface area contributed by atoms with Gasteiger partial charge in [0.25, 0.3) is 5.91 Å². The minimum atomic E-state index is 0.0582. The molecule has 2 rings (SSSR count). The molecule has 2 N–H and O–H groups in total. The Bertz CT molecular complexity index is 715. The zero-order chi connectivity index (χ0) is 18.4. The van der Waals surface area contributed by atoms with E-state index in [1.165, 1.54) is 0 Å². The SMILES string of the molecule is COc1ccc(-c2nc(C[NH+](C)CC(=O)NC(C)C)cs2)cc1OC. The molecule has 25 heavy (non-hydrogen) atoms. The lowest BCUT2D eigenvalue weighted by atomic mass is 10.2. The largest absolute Gasteiger partial charge is 0.493 e. The summed E-state index contributed by atoms with van der Waals surface area (Å²) in [4.78, 5) is 17.6. The molecule has 0 aliphatic heterocycles. The molecule has 0 radical (unpaired) electrons.